The van der Waals surface area contributed by atoms with E-state index in [2.05, 4.69) is 15.2 Å². The third kappa shape index (κ3) is 2.43. The van der Waals surface area contributed by atoms with Crippen LogP contribution in [0.1, 0.15) is 11.1 Å². The number of aliphatic carboxylic acids is 1. The molecule has 4 N–H and O–H groups in total. The molecule has 0 radical (unpaired) electrons. The minimum Gasteiger partial charge on any atom is -0.481 e. The number of carboxylic acids is 1. The second-order valence-electron chi connectivity index (χ2n) is 5.79. The molecule has 0 aliphatic rings. The van der Waals surface area contributed by atoms with Gasteiger partial charge in [-0.25, -0.2) is 0 Å². The van der Waals surface area contributed by atoms with Gasteiger partial charge >= 0.3 is 5.97 Å². The Bertz CT molecular complexity index is 1060. The topological polar surface area (TPSA) is 102 Å². The third-order valence-electron chi connectivity index (χ3n) is 4.11. The molecule has 0 amide bonds. The highest BCUT2D eigenvalue weighted by atomic mass is 16.4. The Labute approximate surface area is 136 Å². The smallest absolute Gasteiger partial charge is 0.307 e. The number of hydrogen-bond acceptors (Lipinski definition) is 3. The number of carboxylic acid groups (broad SMARTS) is 1. The molecule has 2 aromatic carbocycles. The summed E-state index contributed by atoms with van der Waals surface area (Å²) in [4.78, 5) is 14.2. The van der Waals surface area contributed by atoms with Crippen LogP contribution in [0.3, 0.4) is 0 Å². The Kier molecular flexibility index (Phi) is 3.32. The number of nitrogens with zero attached hydrogens (tertiary/aromatic N) is 1. The summed E-state index contributed by atoms with van der Waals surface area (Å²) in [5, 5.41) is 27.4. The van der Waals surface area contributed by atoms with Crippen LogP contribution in [-0.4, -0.2) is 31.4 Å². The molecular weight excluding hydrogens is 306 g/mol. The molecule has 0 atom stereocenters. The number of carbonyl (C=O) groups is 1. The van der Waals surface area contributed by atoms with Gasteiger partial charge in [0.25, 0.3) is 0 Å². The van der Waals surface area contributed by atoms with E-state index in [0.29, 0.717) is 0 Å². The van der Waals surface area contributed by atoms with Crippen molar-refractivity contribution in [1.82, 2.24) is 15.2 Å². The maximum atomic E-state index is 10.8. The summed E-state index contributed by atoms with van der Waals surface area (Å²) in [5.41, 5.74) is 5.03. The van der Waals surface area contributed by atoms with Crippen molar-refractivity contribution in [3.63, 3.8) is 0 Å². The van der Waals surface area contributed by atoms with Crippen molar-refractivity contribution >= 4 is 27.8 Å². The van der Waals surface area contributed by atoms with Crippen molar-refractivity contribution in [3.8, 4) is 11.4 Å². The average Bonchev–Trinajstić information content (AvgIpc) is 3.16. The number of hydrogen-bond donors (Lipinski definition) is 4. The number of aliphatic hydroxyl groups excluding tert-OH is 1. The van der Waals surface area contributed by atoms with Crippen LogP contribution in [0.25, 0.3) is 33.2 Å². The van der Waals surface area contributed by atoms with Crippen LogP contribution in [0.15, 0.2) is 42.5 Å². The van der Waals surface area contributed by atoms with Gasteiger partial charge in [0.2, 0.25) is 0 Å². The van der Waals surface area contributed by atoms with E-state index >= 15 is 0 Å². The van der Waals surface area contributed by atoms with Gasteiger partial charge in [0, 0.05) is 16.3 Å². The minimum atomic E-state index is -0.857. The Hall–Kier alpha value is -3.12. The Morgan fingerprint density at radius 3 is 2.67 bits per heavy atom. The number of aromatic amines is 2. The first-order valence-corrected chi connectivity index (χ1v) is 7.56. The summed E-state index contributed by atoms with van der Waals surface area (Å²) >= 11 is 0. The van der Waals surface area contributed by atoms with E-state index in [1.54, 1.807) is 0 Å². The van der Waals surface area contributed by atoms with E-state index in [1.165, 1.54) is 0 Å². The third-order valence-corrected chi connectivity index (χ3v) is 4.11. The number of aromatic nitrogens is 3. The summed E-state index contributed by atoms with van der Waals surface area (Å²) < 4.78 is 0. The SMILES string of the molecule is O=C(O)Cc1ccc2c(-c3cc4cc(CO)ccc4[nH]3)n[nH]c2c1. The Morgan fingerprint density at radius 1 is 1.04 bits per heavy atom. The molecule has 0 saturated heterocycles. The van der Waals surface area contributed by atoms with Crippen LogP contribution >= 0.6 is 0 Å². The molecule has 4 aromatic rings. The van der Waals surface area contributed by atoms with Gasteiger partial charge in [0.1, 0.15) is 5.69 Å². The van der Waals surface area contributed by atoms with Gasteiger partial charge < -0.3 is 15.2 Å². The van der Waals surface area contributed by atoms with E-state index in [1.807, 2.05) is 42.5 Å². The molecule has 0 spiro atoms. The molecular formula is C18H15N3O3. The monoisotopic (exact) mass is 321 g/mol. The first-order chi connectivity index (χ1) is 11.6. The van der Waals surface area contributed by atoms with Gasteiger partial charge in [-0.05, 0) is 35.4 Å². The molecule has 0 unspecified atom stereocenters. The summed E-state index contributed by atoms with van der Waals surface area (Å²) in [6, 6.07) is 13.3. The highest BCUT2D eigenvalue weighted by molar-refractivity contribution is 5.96. The predicted molar refractivity (Wildman–Crippen MR) is 90.6 cm³/mol. The lowest BCUT2D eigenvalue weighted by Gasteiger charge is -1.98. The summed E-state index contributed by atoms with van der Waals surface area (Å²) in [6.45, 7) is 0.00808. The van der Waals surface area contributed by atoms with Crippen LogP contribution < -0.4 is 0 Å². The largest absolute Gasteiger partial charge is 0.481 e. The van der Waals surface area contributed by atoms with Gasteiger partial charge in [-0.1, -0.05) is 18.2 Å². The van der Waals surface area contributed by atoms with Crippen molar-refractivity contribution < 1.29 is 15.0 Å². The molecule has 0 saturated carbocycles. The van der Waals surface area contributed by atoms with E-state index in [9.17, 15) is 9.90 Å². The van der Waals surface area contributed by atoms with Crippen molar-refractivity contribution in [2.24, 2.45) is 0 Å². The van der Waals surface area contributed by atoms with Crippen LogP contribution in [0.5, 0.6) is 0 Å². The van der Waals surface area contributed by atoms with Crippen LogP contribution in [0.2, 0.25) is 0 Å². The molecule has 2 heterocycles. The highest BCUT2D eigenvalue weighted by Crippen LogP contribution is 2.29. The molecule has 0 fully saturated rings. The lowest BCUT2D eigenvalue weighted by Crippen LogP contribution is -1.99. The highest BCUT2D eigenvalue weighted by Gasteiger charge is 2.12. The normalized spacial score (nSPS) is 11.4. The molecule has 2 aromatic heterocycles. The Balaban J connectivity index is 1.80. The van der Waals surface area contributed by atoms with Gasteiger partial charge in [-0.2, -0.15) is 5.10 Å². The lowest BCUT2D eigenvalue weighted by atomic mass is 10.1. The van der Waals surface area contributed by atoms with E-state index in [4.69, 9.17) is 5.11 Å². The van der Waals surface area contributed by atoms with Crippen molar-refractivity contribution in [2.75, 3.05) is 0 Å². The van der Waals surface area contributed by atoms with E-state index in [0.717, 1.165) is 44.3 Å². The number of aliphatic hydroxyl groups is 1. The average molecular weight is 321 g/mol. The summed E-state index contributed by atoms with van der Waals surface area (Å²) in [7, 11) is 0. The molecule has 4 rings (SSSR count). The fourth-order valence-electron chi connectivity index (χ4n) is 2.96. The number of benzene rings is 2. The minimum absolute atomic E-state index is 0.00808. The maximum Gasteiger partial charge on any atom is 0.307 e. The number of nitrogens with one attached hydrogen (secondary N) is 2. The van der Waals surface area contributed by atoms with Crippen molar-refractivity contribution in [2.45, 2.75) is 13.0 Å². The second-order valence-corrected chi connectivity index (χ2v) is 5.79. The van der Waals surface area contributed by atoms with Crippen molar-refractivity contribution in [3.05, 3.63) is 53.6 Å². The molecule has 24 heavy (non-hydrogen) atoms. The second kappa shape index (κ2) is 5.50. The molecule has 0 aliphatic heterocycles. The zero-order chi connectivity index (χ0) is 16.7. The van der Waals surface area contributed by atoms with Crippen molar-refractivity contribution in [1.29, 1.82) is 0 Å². The molecule has 0 bridgehead atoms. The van der Waals surface area contributed by atoms with E-state index in [-0.39, 0.29) is 13.0 Å². The zero-order valence-electron chi connectivity index (χ0n) is 12.7. The molecule has 0 aliphatic carbocycles. The quantitative estimate of drug-likeness (QED) is 0.464. The fourth-order valence-corrected chi connectivity index (χ4v) is 2.96. The van der Waals surface area contributed by atoms with Gasteiger partial charge in [0.05, 0.1) is 24.2 Å². The molecule has 6 heteroatoms. The maximum absolute atomic E-state index is 10.8. The fraction of sp³-hybridized carbons (Fsp3) is 0.111. The standard InChI is InChI=1S/C18H15N3O3/c22-9-11-2-4-14-12(5-11)8-16(19-14)18-13-3-1-10(7-17(23)24)6-15(13)20-21-18/h1-6,8,19,22H,7,9H2,(H,20,21)(H,23,24). The Morgan fingerprint density at radius 2 is 1.88 bits per heavy atom. The summed E-state index contributed by atoms with van der Waals surface area (Å²) in [5.74, 6) is -0.857. The van der Waals surface area contributed by atoms with Crippen LogP contribution in [-0.2, 0) is 17.8 Å². The number of H-pyrrole nitrogens is 2. The summed E-state index contributed by atoms with van der Waals surface area (Å²) in [6.07, 6.45) is -0.0133. The lowest BCUT2D eigenvalue weighted by molar-refractivity contribution is -0.136. The van der Waals surface area contributed by atoms with E-state index < -0.39 is 5.97 Å². The number of rotatable bonds is 4. The predicted octanol–water partition coefficient (Wildman–Crippen LogP) is 2.83. The number of fused-ring (bicyclic) bond motifs is 2. The first-order valence-electron chi connectivity index (χ1n) is 7.56. The first kappa shape index (κ1) is 14.5. The van der Waals surface area contributed by atoms with Gasteiger partial charge in [-0.15, -0.1) is 0 Å². The van der Waals surface area contributed by atoms with Crippen LogP contribution in [0.4, 0.5) is 0 Å². The molecule has 6 nitrogen and oxygen atoms in total. The van der Waals surface area contributed by atoms with Crippen LogP contribution in [0, 0.1) is 0 Å². The van der Waals surface area contributed by atoms with Gasteiger partial charge in [-0.3, -0.25) is 9.89 Å². The molecule has 120 valence electrons. The van der Waals surface area contributed by atoms with Gasteiger partial charge in [0.15, 0.2) is 0 Å². The zero-order valence-corrected chi connectivity index (χ0v) is 12.7.